The van der Waals surface area contributed by atoms with Crippen molar-refractivity contribution in [2.75, 3.05) is 30.4 Å². The molecule has 0 spiro atoms. The fourth-order valence-corrected chi connectivity index (χ4v) is 1.84. The molecule has 6 nitrogen and oxygen atoms in total. The van der Waals surface area contributed by atoms with Crippen molar-refractivity contribution in [2.45, 2.75) is 13.0 Å². The third kappa shape index (κ3) is 4.04. The lowest BCUT2D eigenvalue weighted by Gasteiger charge is -2.23. The topological polar surface area (TPSA) is 79.5 Å². The Bertz CT molecular complexity index is 470. The summed E-state index contributed by atoms with van der Waals surface area (Å²) in [6, 6.07) is 6.68. The van der Waals surface area contributed by atoms with Gasteiger partial charge in [-0.25, -0.2) is 0 Å². The number of ether oxygens (including phenoxy) is 1. The molecule has 1 atom stereocenters. The van der Waals surface area contributed by atoms with Crippen LogP contribution in [-0.2, 0) is 14.3 Å². The standard InChI is InChI=1S/C13H17N3O3/c1-9(17)15-10-3-2-4-11(7-10)16-13(18)12-8-19-6-5-14-12/h2-4,7,12,14H,5-6,8H2,1H3,(H,15,17)(H,16,18). The van der Waals surface area contributed by atoms with Gasteiger partial charge in [0.2, 0.25) is 11.8 Å². The molecule has 0 aliphatic carbocycles. The predicted octanol–water partition coefficient (Wildman–Crippen LogP) is 0.572. The van der Waals surface area contributed by atoms with E-state index in [2.05, 4.69) is 16.0 Å². The molecule has 19 heavy (non-hydrogen) atoms. The highest BCUT2D eigenvalue weighted by molar-refractivity contribution is 5.96. The number of hydrogen-bond donors (Lipinski definition) is 3. The normalized spacial score (nSPS) is 18.7. The van der Waals surface area contributed by atoms with E-state index in [1.54, 1.807) is 24.3 Å². The maximum absolute atomic E-state index is 12.0. The van der Waals surface area contributed by atoms with Crippen molar-refractivity contribution in [1.82, 2.24) is 5.32 Å². The van der Waals surface area contributed by atoms with Crippen LogP contribution in [0.25, 0.3) is 0 Å². The highest BCUT2D eigenvalue weighted by Crippen LogP contribution is 2.15. The molecule has 0 saturated carbocycles. The molecule has 1 saturated heterocycles. The number of hydrogen-bond acceptors (Lipinski definition) is 4. The first-order valence-electron chi connectivity index (χ1n) is 6.15. The van der Waals surface area contributed by atoms with Crippen LogP contribution < -0.4 is 16.0 Å². The Hall–Kier alpha value is -1.92. The average molecular weight is 263 g/mol. The van der Waals surface area contributed by atoms with Gasteiger partial charge in [0.05, 0.1) is 13.2 Å². The van der Waals surface area contributed by atoms with Gasteiger partial charge in [-0.2, -0.15) is 0 Å². The molecule has 6 heteroatoms. The number of morpholine rings is 1. The zero-order chi connectivity index (χ0) is 13.7. The van der Waals surface area contributed by atoms with E-state index in [9.17, 15) is 9.59 Å². The molecule has 102 valence electrons. The molecule has 1 unspecified atom stereocenters. The van der Waals surface area contributed by atoms with Gasteiger partial charge >= 0.3 is 0 Å². The van der Waals surface area contributed by atoms with Crippen molar-refractivity contribution in [2.24, 2.45) is 0 Å². The Morgan fingerprint density at radius 3 is 2.68 bits per heavy atom. The molecule has 1 aromatic rings. The van der Waals surface area contributed by atoms with Crippen molar-refractivity contribution in [1.29, 1.82) is 0 Å². The Morgan fingerprint density at radius 1 is 1.32 bits per heavy atom. The van der Waals surface area contributed by atoms with E-state index in [1.807, 2.05) is 0 Å². The van der Waals surface area contributed by atoms with Crippen molar-refractivity contribution in [3.63, 3.8) is 0 Å². The molecular weight excluding hydrogens is 246 g/mol. The van der Waals surface area contributed by atoms with E-state index in [0.29, 0.717) is 31.1 Å². The number of anilines is 2. The summed E-state index contributed by atoms with van der Waals surface area (Å²) in [5.41, 5.74) is 1.29. The van der Waals surface area contributed by atoms with Gasteiger partial charge in [0, 0.05) is 24.8 Å². The lowest BCUT2D eigenvalue weighted by molar-refractivity contribution is -0.120. The summed E-state index contributed by atoms with van der Waals surface area (Å²) in [4.78, 5) is 22.9. The third-order valence-electron chi connectivity index (χ3n) is 2.69. The summed E-state index contributed by atoms with van der Waals surface area (Å²) in [5.74, 6) is -0.287. The van der Waals surface area contributed by atoms with E-state index in [-0.39, 0.29) is 17.9 Å². The molecule has 1 aliphatic heterocycles. The average Bonchev–Trinajstić information content (AvgIpc) is 2.39. The summed E-state index contributed by atoms with van der Waals surface area (Å²) in [5, 5.41) is 8.54. The van der Waals surface area contributed by atoms with Crippen LogP contribution in [0.5, 0.6) is 0 Å². The second kappa shape index (κ2) is 6.31. The molecule has 2 amide bonds. The minimum Gasteiger partial charge on any atom is -0.378 e. The van der Waals surface area contributed by atoms with E-state index in [1.165, 1.54) is 6.92 Å². The van der Waals surface area contributed by atoms with Gasteiger partial charge in [0.1, 0.15) is 6.04 Å². The molecule has 0 aromatic heterocycles. The second-order valence-corrected chi connectivity index (χ2v) is 4.33. The minimum atomic E-state index is -0.335. The molecule has 0 bridgehead atoms. The quantitative estimate of drug-likeness (QED) is 0.745. The van der Waals surface area contributed by atoms with Gasteiger partial charge in [-0.15, -0.1) is 0 Å². The summed E-state index contributed by atoms with van der Waals surface area (Å²) in [6.07, 6.45) is 0. The highest BCUT2D eigenvalue weighted by atomic mass is 16.5. The SMILES string of the molecule is CC(=O)Nc1cccc(NC(=O)C2COCCN2)c1. The van der Waals surface area contributed by atoms with Gasteiger partial charge in [-0.1, -0.05) is 6.07 Å². The van der Waals surface area contributed by atoms with Gasteiger partial charge in [-0.05, 0) is 18.2 Å². The van der Waals surface area contributed by atoms with Crippen molar-refractivity contribution < 1.29 is 14.3 Å². The van der Waals surface area contributed by atoms with Gasteiger partial charge < -0.3 is 20.7 Å². The number of benzene rings is 1. The summed E-state index contributed by atoms with van der Waals surface area (Å²) in [6.45, 7) is 3.11. The number of carbonyl (C=O) groups excluding carboxylic acids is 2. The van der Waals surface area contributed by atoms with E-state index < -0.39 is 0 Å². The maximum atomic E-state index is 12.0. The molecule has 1 aliphatic rings. The van der Waals surface area contributed by atoms with E-state index in [4.69, 9.17) is 4.74 Å². The van der Waals surface area contributed by atoms with E-state index >= 15 is 0 Å². The fraction of sp³-hybridized carbons (Fsp3) is 0.385. The minimum absolute atomic E-state index is 0.139. The first-order chi connectivity index (χ1) is 9.15. The van der Waals surface area contributed by atoms with Crippen LogP contribution in [0.15, 0.2) is 24.3 Å². The molecular formula is C13H17N3O3. The number of amides is 2. The van der Waals surface area contributed by atoms with Crippen LogP contribution in [-0.4, -0.2) is 37.6 Å². The van der Waals surface area contributed by atoms with Gasteiger partial charge in [0.15, 0.2) is 0 Å². The Kier molecular flexibility index (Phi) is 4.48. The lowest BCUT2D eigenvalue weighted by Crippen LogP contribution is -2.48. The molecule has 1 fully saturated rings. The Morgan fingerprint density at radius 2 is 2.05 bits per heavy atom. The first kappa shape index (κ1) is 13.5. The number of nitrogens with one attached hydrogen (secondary N) is 3. The van der Waals surface area contributed by atoms with Crippen molar-refractivity contribution in [3.8, 4) is 0 Å². The molecule has 2 rings (SSSR count). The summed E-state index contributed by atoms with van der Waals surface area (Å²) < 4.78 is 5.24. The third-order valence-corrected chi connectivity index (χ3v) is 2.69. The number of rotatable bonds is 3. The van der Waals surface area contributed by atoms with E-state index in [0.717, 1.165) is 0 Å². The molecule has 1 heterocycles. The predicted molar refractivity (Wildman–Crippen MR) is 72.0 cm³/mol. The monoisotopic (exact) mass is 263 g/mol. The van der Waals surface area contributed by atoms with Crippen LogP contribution >= 0.6 is 0 Å². The van der Waals surface area contributed by atoms with Crippen LogP contribution in [0.2, 0.25) is 0 Å². The van der Waals surface area contributed by atoms with Gasteiger partial charge in [0.25, 0.3) is 0 Å². The van der Waals surface area contributed by atoms with Crippen molar-refractivity contribution >= 4 is 23.2 Å². The smallest absolute Gasteiger partial charge is 0.243 e. The van der Waals surface area contributed by atoms with Gasteiger partial charge in [-0.3, -0.25) is 9.59 Å². The summed E-state index contributed by atoms with van der Waals surface area (Å²) >= 11 is 0. The lowest BCUT2D eigenvalue weighted by atomic mass is 10.2. The first-order valence-corrected chi connectivity index (χ1v) is 6.15. The van der Waals surface area contributed by atoms with Crippen LogP contribution in [0.1, 0.15) is 6.92 Å². The Labute approximate surface area is 111 Å². The molecule has 3 N–H and O–H groups in total. The maximum Gasteiger partial charge on any atom is 0.243 e. The second-order valence-electron chi connectivity index (χ2n) is 4.33. The van der Waals surface area contributed by atoms with Crippen molar-refractivity contribution in [3.05, 3.63) is 24.3 Å². The highest BCUT2D eigenvalue weighted by Gasteiger charge is 2.21. The zero-order valence-corrected chi connectivity index (χ0v) is 10.7. The zero-order valence-electron chi connectivity index (χ0n) is 10.7. The number of carbonyl (C=O) groups is 2. The fourth-order valence-electron chi connectivity index (χ4n) is 1.84. The molecule has 0 radical (unpaired) electrons. The van der Waals surface area contributed by atoms with Crippen LogP contribution in [0.4, 0.5) is 11.4 Å². The largest absolute Gasteiger partial charge is 0.378 e. The molecule has 1 aromatic carbocycles. The van der Waals surface area contributed by atoms with Crippen LogP contribution in [0.3, 0.4) is 0 Å². The van der Waals surface area contributed by atoms with Crippen LogP contribution in [0, 0.1) is 0 Å². The Balaban J connectivity index is 1.97. The summed E-state index contributed by atoms with van der Waals surface area (Å²) in [7, 11) is 0.